The summed E-state index contributed by atoms with van der Waals surface area (Å²) in [5, 5.41) is 9.69. The summed E-state index contributed by atoms with van der Waals surface area (Å²) < 4.78 is 5.62. The van der Waals surface area contributed by atoms with Crippen molar-refractivity contribution in [3.05, 3.63) is 0 Å². The van der Waals surface area contributed by atoms with Crippen LogP contribution in [0.4, 0.5) is 0 Å². The van der Waals surface area contributed by atoms with Gasteiger partial charge in [-0.3, -0.25) is 4.90 Å². The van der Waals surface area contributed by atoms with Gasteiger partial charge < -0.3 is 9.84 Å². The molecule has 1 N–H and O–H groups in total. The molecule has 16 heavy (non-hydrogen) atoms. The first kappa shape index (κ1) is 12.3. The first-order chi connectivity index (χ1) is 7.81. The standard InChI is InChI=1S/C13H25NO2/c1-2-3-7-16-8-6-14-11-4-5-12(14)10-13(15)9-11/h11-13,15H,2-10H2,1H3. The number of rotatable bonds is 6. The summed E-state index contributed by atoms with van der Waals surface area (Å²) in [4.78, 5) is 2.57. The van der Waals surface area contributed by atoms with Crippen LogP contribution in [0.2, 0.25) is 0 Å². The molecular formula is C13H25NO2. The molecule has 0 aliphatic carbocycles. The second-order valence-electron chi connectivity index (χ2n) is 5.21. The summed E-state index contributed by atoms with van der Waals surface area (Å²) in [5.41, 5.74) is 0. The highest BCUT2D eigenvalue weighted by molar-refractivity contribution is 4.94. The molecule has 2 heterocycles. The highest BCUT2D eigenvalue weighted by atomic mass is 16.5. The molecule has 2 bridgehead atoms. The maximum Gasteiger partial charge on any atom is 0.0593 e. The largest absolute Gasteiger partial charge is 0.393 e. The highest BCUT2D eigenvalue weighted by Crippen LogP contribution is 2.35. The number of nitrogens with zero attached hydrogens (tertiary/aromatic N) is 1. The van der Waals surface area contributed by atoms with E-state index in [1.165, 1.54) is 25.7 Å². The Balaban J connectivity index is 1.66. The Kier molecular flexibility index (Phi) is 4.62. The van der Waals surface area contributed by atoms with E-state index < -0.39 is 0 Å². The average Bonchev–Trinajstić information content (AvgIpc) is 2.51. The Morgan fingerprint density at radius 1 is 1.19 bits per heavy atom. The van der Waals surface area contributed by atoms with E-state index in [2.05, 4.69) is 11.8 Å². The third-order valence-electron chi connectivity index (χ3n) is 4.00. The van der Waals surface area contributed by atoms with Gasteiger partial charge in [0.25, 0.3) is 0 Å². The molecular weight excluding hydrogens is 202 g/mol. The predicted octanol–water partition coefficient (Wildman–Crippen LogP) is 1.79. The second kappa shape index (κ2) is 5.99. The SMILES string of the molecule is CCCCOCCN1C2CCC1CC(O)C2. The van der Waals surface area contributed by atoms with Crippen LogP contribution in [0.3, 0.4) is 0 Å². The summed E-state index contributed by atoms with van der Waals surface area (Å²) in [5.74, 6) is 0. The predicted molar refractivity (Wildman–Crippen MR) is 64.5 cm³/mol. The van der Waals surface area contributed by atoms with Crippen LogP contribution in [0.25, 0.3) is 0 Å². The van der Waals surface area contributed by atoms with Crippen molar-refractivity contribution in [2.45, 2.75) is 63.6 Å². The molecule has 0 saturated carbocycles. The van der Waals surface area contributed by atoms with Gasteiger partial charge in [0.05, 0.1) is 12.7 Å². The number of hydrogen-bond acceptors (Lipinski definition) is 3. The number of hydrogen-bond donors (Lipinski definition) is 1. The summed E-state index contributed by atoms with van der Waals surface area (Å²) >= 11 is 0. The lowest BCUT2D eigenvalue weighted by molar-refractivity contribution is 0.0151. The van der Waals surface area contributed by atoms with Gasteiger partial charge in [-0.25, -0.2) is 0 Å². The highest BCUT2D eigenvalue weighted by Gasteiger charge is 2.39. The number of ether oxygens (including phenoxy) is 1. The molecule has 0 aromatic carbocycles. The molecule has 2 unspecified atom stereocenters. The Morgan fingerprint density at radius 2 is 1.88 bits per heavy atom. The smallest absolute Gasteiger partial charge is 0.0593 e. The van der Waals surface area contributed by atoms with E-state index >= 15 is 0 Å². The number of unbranched alkanes of at least 4 members (excludes halogenated alkanes) is 1. The quantitative estimate of drug-likeness (QED) is 0.702. The first-order valence-corrected chi connectivity index (χ1v) is 6.82. The van der Waals surface area contributed by atoms with E-state index in [9.17, 15) is 5.11 Å². The van der Waals surface area contributed by atoms with Gasteiger partial charge in [0.1, 0.15) is 0 Å². The third kappa shape index (κ3) is 2.96. The van der Waals surface area contributed by atoms with E-state index in [-0.39, 0.29) is 6.10 Å². The van der Waals surface area contributed by atoms with E-state index in [4.69, 9.17) is 4.74 Å². The van der Waals surface area contributed by atoms with Crippen molar-refractivity contribution in [3.63, 3.8) is 0 Å². The molecule has 0 amide bonds. The zero-order chi connectivity index (χ0) is 11.4. The Bertz CT molecular complexity index is 196. The number of aliphatic hydroxyl groups excluding tert-OH is 1. The van der Waals surface area contributed by atoms with Crippen LogP contribution in [0, 0.1) is 0 Å². The van der Waals surface area contributed by atoms with E-state index in [1.807, 2.05) is 0 Å². The van der Waals surface area contributed by atoms with Crippen LogP contribution in [0.1, 0.15) is 45.4 Å². The molecule has 2 aliphatic rings. The molecule has 0 aromatic heterocycles. The fourth-order valence-electron chi connectivity index (χ4n) is 3.13. The molecule has 0 aromatic rings. The number of aliphatic hydroxyl groups is 1. The molecule has 94 valence electrons. The summed E-state index contributed by atoms with van der Waals surface area (Å²) in [6.45, 7) is 5.02. The van der Waals surface area contributed by atoms with E-state index in [1.54, 1.807) is 0 Å². The molecule has 2 rings (SSSR count). The van der Waals surface area contributed by atoms with Crippen molar-refractivity contribution in [1.82, 2.24) is 4.90 Å². The van der Waals surface area contributed by atoms with Gasteiger partial charge >= 0.3 is 0 Å². The summed E-state index contributed by atoms with van der Waals surface area (Å²) in [7, 11) is 0. The molecule has 2 aliphatic heterocycles. The molecule has 2 atom stereocenters. The van der Waals surface area contributed by atoms with Crippen molar-refractivity contribution < 1.29 is 9.84 Å². The van der Waals surface area contributed by atoms with Crippen molar-refractivity contribution in [2.75, 3.05) is 19.8 Å². The Hall–Kier alpha value is -0.120. The van der Waals surface area contributed by atoms with Crippen molar-refractivity contribution in [1.29, 1.82) is 0 Å². The lowest BCUT2D eigenvalue weighted by Crippen LogP contribution is -2.46. The summed E-state index contributed by atoms with van der Waals surface area (Å²) in [6.07, 6.45) is 6.84. The minimum Gasteiger partial charge on any atom is -0.393 e. The van der Waals surface area contributed by atoms with Crippen LogP contribution < -0.4 is 0 Å². The molecule has 3 heteroatoms. The monoisotopic (exact) mass is 227 g/mol. The van der Waals surface area contributed by atoms with Crippen LogP contribution in [0.15, 0.2) is 0 Å². The van der Waals surface area contributed by atoms with Gasteiger partial charge in [-0.15, -0.1) is 0 Å². The van der Waals surface area contributed by atoms with Crippen molar-refractivity contribution >= 4 is 0 Å². The topological polar surface area (TPSA) is 32.7 Å². The zero-order valence-electron chi connectivity index (χ0n) is 10.4. The molecule has 3 nitrogen and oxygen atoms in total. The average molecular weight is 227 g/mol. The maximum absolute atomic E-state index is 9.69. The number of fused-ring (bicyclic) bond motifs is 2. The second-order valence-corrected chi connectivity index (χ2v) is 5.21. The fraction of sp³-hybridized carbons (Fsp3) is 1.00. The minimum absolute atomic E-state index is 0.0465. The van der Waals surface area contributed by atoms with Crippen molar-refractivity contribution in [3.8, 4) is 0 Å². The minimum atomic E-state index is -0.0465. The lowest BCUT2D eigenvalue weighted by Gasteiger charge is -2.37. The van der Waals surface area contributed by atoms with Crippen molar-refractivity contribution in [2.24, 2.45) is 0 Å². The fourth-order valence-corrected chi connectivity index (χ4v) is 3.13. The van der Waals surface area contributed by atoms with E-state index in [0.717, 1.165) is 32.6 Å². The van der Waals surface area contributed by atoms with Gasteiger partial charge in [0, 0.05) is 25.2 Å². The first-order valence-electron chi connectivity index (χ1n) is 6.82. The van der Waals surface area contributed by atoms with Gasteiger partial charge in [-0.2, -0.15) is 0 Å². The number of piperidine rings is 1. The Morgan fingerprint density at radius 3 is 2.50 bits per heavy atom. The zero-order valence-corrected chi connectivity index (χ0v) is 10.4. The summed E-state index contributed by atoms with van der Waals surface area (Å²) in [6, 6.07) is 1.26. The molecule has 2 fully saturated rings. The molecule has 2 saturated heterocycles. The Labute approximate surface area is 98.8 Å². The van der Waals surface area contributed by atoms with Gasteiger partial charge in [-0.1, -0.05) is 13.3 Å². The normalized spacial score (nSPS) is 34.5. The van der Waals surface area contributed by atoms with Gasteiger partial charge in [0.2, 0.25) is 0 Å². The van der Waals surface area contributed by atoms with Gasteiger partial charge in [0.15, 0.2) is 0 Å². The van der Waals surface area contributed by atoms with Crippen LogP contribution >= 0.6 is 0 Å². The van der Waals surface area contributed by atoms with Gasteiger partial charge in [-0.05, 0) is 32.1 Å². The molecule has 0 radical (unpaired) electrons. The lowest BCUT2D eigenvalue weighted by atomic mass is 10.0. The van der Waals surface area contributed by atoms with Crippen LogP contribution in [0.5, 0.6) is 0 Å². The van der Waals surface area contributed by atoms with E-state index in [0.29, 0.717) is 12.1 Å². The van der Waals surface area contributed by atoms with Crippen LogP contribution in [-0.2, 0) is 4.74 Å². The maximum atomic E-state index is 9.69. The third-order valence-corrected chi connectivity index (χ3v) is 4.00. The molecule has 0 spiro atoms. The van der Waals surface area contributed by atoms with Crippen LogP contribution in [-0.4, -0.2) is 48.0 Å².